The Morgan fingerprint density at radius 1 is 0.895 bits per heavy atom. The number of nitrogens with one attached hydrogen (secondary N) is 4. The van der Waals surface area contributed by atoms with E-state index >= 15 is 0 Å². The van der Waals surface area contributed by atoms with Crippen LogP contribution in [0.15, 0.2) is 66.7 Å². The fraction of sp³-hybridized carbons (Fsp3) is 0.367. The Morgan fingerprint density at radius 3 is 2.26 bits per heavy atom. The molecule has 2 saturated heterocycles. The molecule has 0 bridgehead atoms. The van der Waals surface area contributed by atoms with Gasteiger partial charge in [-0.05, 0) is 30.5 Å². The monoisotopic (exact) mass is 516 g/mol. The summed E-state index contributed by atoms with van der Waals surface area (Å²) in [6.45, 7) is 2.57. The van der Waals surface area contributed by atoms with Gasteiger partial charge in [0.2, 0.25) is 5.91 Å². The molecule has 8 nitrogen and oxygen atoms in total. The van der Waals surface area contributed by atoms with Crippen LogP contribution in [0.25, 0.3) is 0 Å². The molecule has 1 amide bonds. The number of amides is 1. The van der Waals surface area contributed by atoms with E-state index in [-0.39, 0.29) is 36.0 Å². The van der Waals surface area contributed by atoms with Crippen LogP contribution in [0.3, 0.4) is 0 Å². The maximum atomic E-state index is 13.8. The van der Waals surface area contributed by atoms with Crippen LogP contribution in [0.4, 0.5) is 0 Å². The highest BCUT2D eigenvalue weighted by molar-refractivity contribution is 5.79. The van der Waals surface area contributed by atoms with Crippen molar-refractivity contribution < 1.29 is 19.0 Å². The number of methoxy groups -OCH3 is 3. The first-order valence-corrected chi connectivity index (χ1v) is 13.0. The summed E-state index contributed by atoms with van der Waals surface area (Å²) in [5.41, 5.74) is 11.2. The summed E-state index contributed by atoms with van der Waals surface area (Å²) < 4.78 is 16.8. The lowest BCUT2D eigenvalue weighted by Gasteiger charge is -2.40. The average Bonchev–Trinajstić information content (AvgIpc) is 3.39. The third-order valence-corrected chi connectivity index (χ3v) is 7.69. The number of aryl methyl sites for hydroxylation is 1. The van der Waals surface area contributed by atoms with E-state index in [1.807, 2.05) is 42.5 Å². The number of carbonyl (C=O) groups excluding carboxylic acids is 1. The van der Waals surface area contributed by atoms with Gasteiger partial charge in [-0.3, -0.25) is 10.1 Å². The van der Waals surface area contributed by atoms with Gasteiger partial charge in [0.05, 0.1) is 33.5 Å². The molecule has 5 unspecified atom stereocenters. The molecule has 0 aromatic heterocycles. The molecule has 38 heavy (non-hydrogen) atoms. The molecule has 8 heteroatoms. The molecule has 200 valence electrons. The normalized spacial score (nSPS) is 24.4. The Labute approximate surface area is 224 Å². The SMILES string of the molecule is COc1cc(OC)c(C2CC(C(=O)NCc3ccccc3)C3C(NNC3c3ccc(C)cc3)N2)cc1OC. The van der Waals surface area contributed by atoms with Crippen LogP contribution in [0.5, 0.6) is 17.2 Å². The molecule has 3 aromatic rings. The Balaban J connectivity index is 1.47. The Morgan fingerprint density at radius 2 is 1.58 bits per heavy atom. The molecule has 3 aromatic carbocycles. The molecule has 2 aliphatic rings. The third kappa shape index (κ3) is 5.20. The second-order valence-corrected chi connectivity index (χ2v) is 9.95. The minimum Gasteiger partial charge on any atom is -0.496 e. The average molecular weight is 517 g/mol. The number of rotatable bonds is 8. The summed E-state index contributed by atoms with van der Waals surface area (Å²) >= 11 is 0. The quantitative estimate of drug-likeness (QED) is 0.362. The Hall–Kier alpha value is -3.59. The van der Waals surface area contributed by atoms with E-state index in [1.54, 1.807) is 21.3 Å². The minimum atomic E-state index is -0.262. The number of fused-ring (bicyclic) bond motifs is 1. The lowest BCUT2D eigenvalue weighted by molar-refractivity contribution is -0.129. The zero-order chi connectivity index (χ0) is 26.6. The van der Waals surface area contributed by atoms with Crippen LogP contribution in [0.1, 0.15) is 40.8 Å². The molecular formula is C30H36N4O4. The molecule has 5 atom stereocenters. The largest absolute Gasteiger partial charge is 0.496 e. The number of hydrogen-bond donors (Lipinski definition) is 4. The van der Waals surface area contributed by atoms with E-state index in [2.05, 4.69) is 52.7 Å². The molecule has 2 heterocycles. The van der Waals surface area contributed by atoms with E-state index in [1.165, 1.54) is 5.56 Å². The van der Waals surface area contributed by atoms with E-state index in [4.69, 9.17) is 14.2 Å². The van der Waals surface area contributed by atoms with Crippen LogP contribution in [-0.4, -0.2) is 33.4 Å². The van der Waals surface area contributed by atoms with Gasteiger partial charge in [-0.25, -0.2) is 10.9 Å². The van der Waals surface area contributed by atoms with Gasteiger partial charge in [0.25, 0.3) is 0 Å². The van der Waals surface area contributed by atoms with Gasteiger partial charge in [0.15, 0.2) is 11.5 Å². The zero-order valence-corrected chi connectivity index (χ0v) is 22.3. The van der Waals surface area contributed by atoms with Gasteiger partial charge < -0.3 is 19.5 Å². The zero-order valence-electron chi connectivity index (χ0n) is 22.3. The summed E-state index contributed by atoms with van der Waals surface area (Å²) in [5, 5.41) is 6.94. The van der Waals surface area contributed by atoms with Crippen molar-refractivity contribution >= 4 is 5.91 Å². The van der Waals surface area contributed by atoms with Gasteiger partial charge in [0.1, 0.15) is 5.75 Å². The van der Waals surface area contributed by atoms with Gasteiger partial charge in [-0.2, -0.15) is 0 Å². The second-order valence-electron chi connectivity index (χ2n) is 9.95. The predicted octanol–water partition coefficient (Wildman–Crippen LogP) is 3.78. The third-order valence-electron chi connectivity index (χ3n) is 7.69. The molecule has 2 aliphatic heterocycles. The Kier molecular flexibility index (Phi) is 7.83. The van der Waals surface area contributed by atoms with E-state index in [9.17, 15) is 4.79 Å². The molecule has 2 fully saturated rings. The number of benzene rings is 3. The number of piperidine rings is 1. The van der Waals surface area contributed by atoms with Gasteiger partial charge in [0, 0.05) is 36.1 Å². The smallest absolute Gasteiger partial charge is 0.223 e. The van der Waals surface area contributed by atoms with Crippen molar-refractivity contribution in [2.75, 3.05) is 21.3 Å². The van der Waals surface area contributed by atoms with Crippen molar-refractivity contribution in [1.82, 2.24) is 21.5 Å². The van der Waals surface area contributed by atoms with Crippen LogP contribution in [0, 0.1) is 18.8 Å². The van der Waals surface area contributed by atoms with E-state index < -0.39 is 0 Å². The summed E-state index contributed by atoms with van der Waals surface area (Å²) in [6.07, 6.45) is 0.463. The van der Waals surface area contributed by atoms with E-state index in [0.29, 0.717) is 30.2 Å². The van der Waals surface area contributed by atoms with Crippen LogP contribution >= 0.6 is 0 Å². The highest BCUT2D eigenvalue weighted by Gasteiger charge is 2.49. The molecule has 0 saturated carbocycles. The molecule has 0 aliphatic carbocycles. The maximum absolute atomic E-state index is 13.8. The van der Waals surface area contributed by atoms with Gasteiger partial charge in [-0.15, -0.1) is 0 Å². The number of ether oxygens (including phenoxy) is 3. The molecule has 0 spiro atoms. The topological polar surface area (TPSA) is 92.9 Å². The number of hydrogen-bond acceptors (Lipinski definition) is 7. The first-order valence-electron chi connectivity index (χ1n) is 13.0. The fourth-order valence-electron chi connectivity index (χ4n) is 5.70. The van der Waals surface area contributed by atoms with Crippen LogP contribution in [-0.2, 0) is 11.3 Å². The number of carbonyl (C=O) groups is 1. The van der Waals surface area contributed by atoms with Crippen molar-refractivity contribution in [1.29, 1.82) is 0 Å². The summed E-state index contributed by atoms with van der Waals surface area (Å²) in [4.78, 5) is 13.8. The Bertz CT molecular complexity index is 1250. The second kappa shape index (κ2) is 11.4. The van der Waals surface area contributed by atoms with Crippen molar-refractivity contribution in [3.63, 3.8) is 0 Å². The fourth-order valence-corrected chi connectivity index (χ4v) is 5.70. The summed E-state index contributed by atoms with van der Waals surface area (Å²) in [6, 6.07) is 22.1. The lowest BCUT2D eigenvalue weighted by atomic mass is 9.74. The lowest BCUT2D eigenvalue weighted by Crippen LogP contribution is -2.54. The molecular weight excluding hydrogens is 480 g/mol. The van der Waals surface area contributed by atoms with Crippen molar-refractivity contribution in [2.45, 2.75) is 38.1 Å². The first kappa shape index (κ1) is 26.0. The van der Waals surface area contributed by atoms with Crippen LogP contribution < -0.4 is 35.7 Å². The van der Waals surface area contributed by atoms with Gasteiger partial charge in [-0.1, -0.05) is 60.2 Å². The highest BCUT2D eigenvalue weighted by atomic mass is 16.5. The van der Waals surface area contributed by atoms with Crippen molar-refractivity contribution in [3.05, 3.63) is 89.0 Å². The van der Waals surface area contributed by atoms with Gasteiger partial charge >= 0.3 is 0 Å². The maximum Gasteiger partial charge on any atom is 0.223 e. The minimum absolute atomic E-state index is 0.00383. The van der Waals surface area contributed by atoms with Crippen molar-refractivity contribution in [3.8, 4) is 17.2 Å². The molecule has 0 radical (unpaired) electrons. The molecule has 5 rings (SSSR count). The predicted molar refractivity (Wildman–Crippen MR) is 146 cm³/mol. The summed E-state index contributed by atoms with van der Waals surface area (Å²) in [5.74, 6) is 1.67. The standard InChI is InChI=1S/C30H36N4O4/c1-18-10-12-20(13-11-18)28-27-22(30(35)31-17-19-8-6-5-7-9-19)14-23(32-29(27)34-33-28)21-15-25(37-3)26(38-4)16-24(21)36-2/h5-13,15-16,22-23,27-29,32-34H,14,17H2,1-4H3,(H,31,35). The van der Waals surface area contributed by atoms with E-state index in [0.717, 1.165) is 16.7 Å². The number of hydrazine groups is 1. The molecule has 4 N–H and O–H groups in total. The van der Waals surface area contributed by atoms with Crippen molar-refractivity contribution in [2.24, 2.45) is 11.8 Å². The van der Waals surface area contributed by atoms with Crippen LogP contribution in [0.2, 0.25) is 0 Å². The first-order chi connectivity index (χ1) is 18.5. The highest BCUT2D eigenvalue weighted by Crippen LogP contribution is 2.46. The summed E-state index contributed by atoms with van der Waals surface area (Å²) in [7, 11) is 4.86.